The van der Waals surface area contributed by atoms with Crippen molar-refractivity contribution in [2.45, 2.75) is 39.2 Å². The monoisotopic (exact) mass is 154 g/mol. The van der Waals surface area contributed by atoms with E-state index in [1.807, 2.05) is 6.92 Å². The number of hydrogen-bond donors (Lipinski definition) is 1. The lowest BCUT2D eigenvalue weighted by Crippen LogP contribution is -2.31. The van der Waals surface area contributed by atoms with Gasteiger partial charge in [-0.1, -0.05) is 25.5 Å². The molecule has 0 aliphatic heterocycles. The molecule has 11 heavy (non-hydrogen) atoms. The molecule has 0 radical (unpaired) electrons. The van der Waals surface area contributed by atoms with Gasteiger partial charge in [-0.2, -0.15) is 0 Å². The van der Waals surface area contributed by atoms with Gasteiger partial charge in [-0.25, -0.2) is 0 Å². The summed E-state index contributed by atoms with van der Waals surface area (Å²) >= 11 is 0. The average molecular weight is 154 g/mol. The molecular weight excluding hydrogens is 136 g/mol. The van der Waals surface area contributed by atoms with Crippen LogP contribution in [0.25, 0.3) is 0 Å². The molecular formula is C10H18O. The van der Waals surface area contributed by atoms with Gasteiger partial charge in [-0.05, 0) is 25.7 Å². The second-order valence-corrected chi connectivity index (χ2v) is 3.85. The van der Waals surface area contributed by atoms with Crippen LogP contribution in [0.4, 0.5) is 0 Å². The summed E-state index contributed by atoms with van der Waals surface area (Å²) < 4.78 is 0. The summed E-state index contributed by atoms with van der Waals surface area (Å²) in [5.41, 5.74) is 1.14. The lowest BCUT2D eigenvalue weighted by atomic mass is 9.75. The van der Waals surface area contributed by atoms with Crippen molar-refractivity contribution in [1.29, 1.82) is 0 Å². The molecule has 0 heterocycles. The summed E-state index contributed by atoms with van der Waals surface area (Å²) in [5.74, 6) is 0.972. The van der Waals surface area contributed by atoms with Crippen LogP contribution in [0, 0.1) is 11.8 Å². The molecule has 0 amide bonds. The fourth-order valence-electron chi connectivity index (χ4n) is 2.20. The van der Waals surface area contributed by atoms with Crippen LogP contribution in [0.3, 0.4) is 0 Å². The lowest BCUT2D eigenvalue weighted by Gasteiger charge is -2.33. The molecule has 1 heteroatoms. The fourth-order valence-corrected chi connectivity index (χ4v) is 2.20. The quantitative estimate of drug-likeness (QED) is 0.575. The number of hydrogen-bond acceptors (Lipinski definition) is 1. The first kappa shape index (κ1) is 8.79. The van der Waals surface area contributed by atoms with E-state index in [9.17, 15) is 5.11 Å². The molecule has 1 fully saturated rings. The molecule has 64 valence electrons. The number of aliphatic hydroxyl groups excluding tert-OH is 1. The Morgan fingerprint density at radius 2 is 2.09 bits per heavy atom. The second kappa shape index (κ2) is 3.40. The molecule has 0 aromatic heterocycles. The van der Waals surface area contributed by atoms with Crippen molar-refractivity contribution in [3.05, 3.63) is 12.2 Å². The largest absolute Gasteiger partial charge is 0.392 e. The molecule has 1 N–H and O–H groups in total. The zero-order valence-corrected chi connectivity index (χ0v) is 7.51. The summed E-state index contributed by atoms with van der Waals surface area (Å²) in [6.45, 7) is 8.15. The highest BCUT2D eigenvalue weighted by Crippen LogP contribution is 2.33. The minimum Gasteiger partial charge on any atom is -0.392 e. The van der Waals surface area contributed by atoms with E-state index in [0.717, 1.165) is 12.0 Å². The summed E-state index contributed by atoms with van der Waals surface area (Å²) in [7, 11) is 0. The standard InChI is InChI=1S/C10H18O/c1-7(2)10-8(3)5-4-6-9(10)11/h8-11H,1,4-6H2,2-3H3. The van der Waals surface area contributed by atoms with Gasteiger partial charge in [0.15, 0.2) is 0 Å². The Balaban J connectivity index is 2.62. The molecule has 3 unspecified atom stereocenters. The van der Waals surface area contributed by atoms with Gasteiger partial charge in [0.05, 0.1) is 6.10 Å². The van der Waals surface area contributed by atoms with Gasteiger partial charge in [0.2, 0.25) is 0 Å². The molecule has 1 aliphatic rings. The maximum absolute atomic E-state index is 9.65. The van der Waals surface area contributed by atoms with E-state index in [1.165, 1.54) is 12.8 Å². The topological polar surface area (TPSA) is 20.2 Å². The third kappa shape index (κ3) is 1.84. The molecule has 1 aliphatic carbocycles. The lowest BCUT2D eigenvalue weighted by molar-refractivity contribution is 0.0579. The van der Waals surface area contributed by atoms with Crippen molar-refractivity contribution in [3.63, 3.8) is 0 Å². The van der Waals surface area contributed by atoms with Crippen LogP contribution < -0.4 is 0 Å². The normalized spacial score (nSPS) is 38.6. The van der Waals surface area contributed by atoms with Crippen LogP contribution in [-0.2, 0) is 0 Å². The molecule has 1 rings (SSSR count). The molecule has 0 aromatic carbocycles. The van der Waals surface area contributed by atoms with Crippen LogP contribution in [0.1, 0.15) is 33.1 Å². The van der Waals surface area contributed by atoms with Crippen molar-refractivity contribution >= 4 is 0 Å². The summed E-state index contributed by atoms with van der Waals surface area (Å²) in [4.78, 5) is 0. The number of rotatable bonds is 1. The van der Waals surface area contributed by atoms with E-state index in [-0.39, 0.29) is 6.10 Å². The first-order valence-corrected chi connectivity index (χ1v) is 4.46. The Morgan fingerprint density at radius 1 is 1.45 bits per heavy atom. The predicted octanol–water partition coefficient (Wildman–Crippen LogP) is 2.36. The number of aliphatic hydroxyl groups is 1. The minimum absolute atomic E-state index is 0.128. The molecule has 0 aromatic rings. The highest BCUT2D eigenvalue weighted by Gasteiger charge is 2.29. The van der Waals surface area contributed by atoms with Crippen molar-refractivity contribution < 1.29 is 5.11 Å². The predicted molar refractivity (Wildman–Crippen MR) is 47.3 cm³/mol. The minimum atomic E-state index is -0.128. The summed E-state index contributed by atoms with van der Waals surface area (Å²) in [6, 6.07) is 0. The zero-order chi connectivity index (χ0) is 8.43. The van der Waals surface area contributed by atoms with Gasteiger partial charge in [0.1, 0.15) is 0 Å². The van der Waals surface area contributed by atoms with E-state index in [4.69, 9.17) is 0 Å². The molecule has 3 atom stereocenters. The Labute approximate surface area is 69.1 Å². The Bertz CT molecular complexity index is 141. The summed E-state index contributed by atoms with van der Waals surface area (Å²) in [5, 5.41) is 9.65. The Hall–Kier alpha value is -0.300. The third-order valence-corrected chi connectivity index (χ3v) is 2.76. The molecule has 1 nitrogen and oxygen atoms in total. The van der Waals surface area contributed by atoms with E-state index < -0.39 is 0 Å². The van der Waals surface area contributed by atoms with Crippen molar-refractivity contribution in [2.24, 2.45) is 11.8 Å². The van der Waals surface area contributed by atoms with Gasteiger partial charge in [0, 0.05) is 5.92 Å². The van der Waals surface area contributed by atoms with E-state index in [0.29, 0.717) is 11.8 Å². The third-order valence-electron chi connectivity index (χ3n) is 2.76. The zero-order valence-electron chi connectivity index (χ0n) is 7.51. The highest BCUT2D eigenvalue weighted by molar-refractivity contribution is 5.03. The Kier molecular flexibility index (Phi) is 2.72. The maximum Gasteiger partial charge on any atom is 0.0607 e. The van der Waals surface area contributed by atoms with E-state index >= 15 is 0 Å². The van der Waals surface area contributed by atoms with Gasteiger partial charge >= 0.3 is 0 Å². The first-order valence-electron chi connectivity index (χ1n) is 4.46. The van der Waals surface area contributed by atoms with Crippen molar-refractivity contribution in [3.8, 4) is 0 Å². The second-order valence-electron chi connectivity index (χ2n) is 3.85. The smallest absolute Gasteiger partial charge is 0.0607 e. The summed E-state index contributed by atoms with van der Waals surface area (Å²) in [6.07, 6.45) is 3.25. The molecule has 0 spiro atoms. The van der Waals surface area contributed by atoms with Gasteiger partial charge < -0.3 is 5.11 Å². The first-order chi connectivity index (χ1) is 5.13. The average Bonchev–Trinajstić information content (AvgIpc) is 1.85. The Morgan fingerprint density at radius 3 is 2.45 bits per heavy atom. The molecule has 0 bridgehead atoms. The highest BCUT2D eigenvalue weighted by atomic mass is 16.3. The van der Waals surface area contributed by atoms with Gasteiger partial charge in [0.25, 0.3) is 0 Å². The van der Waals surface area contributed by atoms with Crippen molar-refractivity contribution in [1.82, 2.24) is 0 Å². The SMILES string of the molecule is C=C(C)C1C(C)CCCC1O. The molecule has 0 saturated heterocycles. The van der Waals surface area contributed by atoms with Crippen molar-refractivity contribution in [2.75, 3.05) is 0 Å². The van der Waals surface area contributed by atoms with Crippen LogP contribution in [0.5, 0.6) is 0 Å². The van der Waals surface area contributed by atoms with Crippen LogP contribution in [-0.4, -0.2) is 11.2 Å². The van der Waals surface area contributed by atoms with E-state index in [1.54, 1.807) is 0 Å². The van der Waals surface area contributed by atoms with Crippen LogP contribution in [0.2, 0.25) is 0 Å². The van der Waals surface area contributed by atoms with E-state index in [2.05, 4.69) is 13.5 Å². The van der Waals surface area contributed by atoms with Crippen LogP contribution in [0.15, 0.2) is 12.2 Å². The molecule has 1 saturated carbocycles. The van der Waals surface area contributed by atoms with Gasteiger partial charge in [-0.15, -0.1) is 0 Å². The fraction of sp³-hybridized carbons (Fsp3) is 0.800. The maximum atomic E-state index is 9.65. The van der Waals surface area contributed by atoms with Gasteiger partial charge in [-0.3, -0.25) is 0 Å². The van der Waals surface area contributed by atoms with Crippen LogP contribution >= 0.6 is 0 Å².